The predicted molar refractivity (Wildman–Crippen MR) is 44.0 cm³/mol. The first-order valence-electron chi connectivity index (χ1n) is 3.85. The summed E-state index contributed by atoms with van der Waals surface area (Å²) in [6.45, 7) is 0.231. The standard InChI is InChI=1S/C9H6O5/c10-4-12-9(11)6-1-2-7-8(3-6)14-5-13-7/h1-4H,5H2. The largest absolute Gasteiger partial charge is 0.454 e. The zero-order chi connectivity index (χ0) is 9.97. The molecule has 0 atom stereocenters. The SMILES string of the molecule is O=COC(=O)c1ccc2c(c1)OCO2. The van der Waals surface area contributed by atoms with Crippen LogP contribution in [0.15, 0.2) is 18.2 Å². The summed E-state index contributed by atoms with van der Waals surface area (Å²) in [7, 11) is 0. The maximum atomic E-state index is 11.1. The van der Waals surface area contributed by atoms with Crippen LogP contribution in [0.4, 0.5) is 0 Å². The average Bonchev–Trinajstić information content (AvgIpc) is 2.64. The number of rotatable bonds is 2. The fourth-order valence-corrected chi connectivity index (χ4v) is 1.14. The summed E-state index contributed by atoms with van der Waals surface area (Å²) in [5.74, 6) is 0.344. The molecule has 72 valence electrons. The molecular formula is C9H6O5. The van der Waals surface area contributed by atoms with Crippen molar-refractivity contribution in [3.63, 3.8) is 0 Å². The van der Waals surface area contributed by atoms with Gasteiger partial charge < -0.3 is 14.2 Å². The Hall–Kier alpha value is -2.04. The van der Waals surface area contributed by atoms with Crippen molar-refractivity contribution in [1.29, 1.82) is 0 Å². The van der Waals surface area contributed by atoms with Crippen molar-refractivity contribution in [2.24, 2.45) is 0 Å². The van der Waals surface area contributed by atoms with E-state index in [1.165, 1.54) is 12.1 Å². The lowest BCUT2D eigenvalue weighted by Gasteiger charge is -1.99. The highest BCUT2D eigenvalue weighted by Gasteiger charge is 2.16. The Morgan fingerprint density at radius 2 is 2.14 bits per heavy atom. The Balaban J connectivity index is 2.28. The number of fused-ring (bicyclic) bond motifs is 1. The molecule has 1 aliphatic heterocycles. The van der Waals surface area contributed by atoms with Gasteiger partial charge in [0, 0.05) is 0 Å². The molecule has 1 heterocycles. The normalized spacial score (nSPS) is 12.3. The van der Waals surface area contributed by atoms with E-state index in [4.69, 9.17) is 9.47 Å². The summed E-state index contributed by atoms with van der Waals surface area (Å²) in [4.78, 5) is 21.0. The van der Waals surface area contributed by atoms with Crippen LogP contribution in [-0.4, -0.2) is 19.2 Å². The van der Waals surface area contributed by atoms with Crippen LogP contribution in [0, 0.1) is 0 Å². The summed E-state index contributed by atoms with van der Waals surface area (Å²) in [5, 5.41) is 0. The number of ether oxygens (including phenoxy) is 3. The molecule has 0 amide bonds. The van der Waals surface area contributed by atoms with Gasteiger partial charge >= 0.3 is 12.4 Å². The van der Waals surface area contributed by atoms with Crippen LogP contribution < -0.4 is 9.47 Å². The highest BCUT2D eigenvalue weighted by molar-refractivity contribution is 5.93. The van der Waals surface area contributed by atoms with E-state index in [-0.39, 0.29) is 18.8 Å². The van der Waals surface area contributed by atoms with Crippen molar-refractivity contribution in [3.8, 4) is 11.5 Å². The second kappa shape index (κ2) is 3.37. The van der Waals surface area contributed by atoms with Crippen molar-refractivity contribution in [2.45, 2.75) is 0 Å². The Morgan fingerprint density at radius 1 is 1.36 bits per heavy atom. The van der Waals surface area contributed by atoms with Crippen molar-refractivity contribution in [1.82, 2.24) is 0 Å². The molecule has 0 fully saturated rings. The molecule has 14 heavy (non-hydrogen) atoms. The second-order valence-electron chi connectivity index (χ2n) is 2.57. The molecule has 0 spiro atoms. The second-order valence-corrected chi connectivity index (χ2v) is 2.57. The lowest BCUT2D eigenvalue weighted by atomic mass is 10.2. The van der Waals surface area contributed by atoms with Gasteiger partial charge in [-0.05, 0) is 18.2 Å². The Morgan fingerprint density at radius 3 is 2.93 bits per heavy atom. The summed E-state index contributed by atoms with van der Waals surface area (Å²) in [5.41, 5.74) is 0.251. The number of hydrogen-bond acceptors (Lipinski definition) is 5. The molecule has 0 unspecified atom stereocenters. The van der Waals surface area contributed by atoms with Crippen molar-refractivity contribution in [3.05, 3.63) is 23.8 Å². The van der Waals surface area contributed by atoms with E-state index in [1.807, 2.05) is 0 Å². The highest BCUT2D eigenvalue weighted by atomic mass is 16.7. The first-order chi connectivity index (χ1) is 6.81. The lowest BCUT2D eigenvalue weighted by Crippen LogP contribution is -2.02. The predicted octanol–water partition coefficient (Wildman–Crippen LogP) is 0.728. The van der Waals surface area contributed by atoms with Crippen LogP contribution in [0.1, 0.15) is 10.4 Å². The molecular weight excluding hydrogens is 188 g/mol. The van der Waals surface area contributed by atoms with E-state index in [2.05, 4.69) is 4.74 Å². The molecule has 1 aromatic carbocycles. The molecule has 0 aromatic heterocycles. The maximum absolute atomic E-state index is 11.1. The topological polar surface area (TPSA) is 61.8 Å². The van der Waals surface area contributed by atoms with Crippen molar-refractivity contribution >= 4 is 12.4 Å². The number of benzene rings is 1. The smallest absolute Gasteiger partial charge is 0.345 e. The molecule has 1 aliphatic rings. The van der Waals surface area contributed by atoms with Gasteiger partial charge in [-0.15, -0.1) is 0 Å². The zero-order valence-electron chi connectivity index (χ0n) is 7.06. The quantitative estimate of drug-likeness (QED) is 0.394. The van der Waals surface area contributed by atoms with E-state index in [0.717, 1.165) is 0 Å². The van der Waals surface area contributed by atoms with E-state index >= 15 is 0 Å². The molecule has 5 heteroatoms. The Labute approximate surface area is 79.2 Å². The number of carbonyl (C=O) groups excluding carboxylic acids is 2. The van der Waals surface area contributed by atoms with Gasteiger partial charge in [-0.1, -0.05) is 0 Å². The minimum atomic E-state index is -0.710. The van der Waals surface area contributed by atoms with Crippen LogP contribution in [-0.2, 0) is 9.53 Å². The third-order valence-electron chi connectivity index (χ3n) is 1.76. The Bertz CT molecular complexity index is 385. The van der Waals surface area contributed by atoms with Gasteiger partial charge in [0.05, 0.1) is 5.56 Å². The van der Waals surface area contributed by atoms with Gasteiger partial charge in [0.2, 0.25) is 6.79 Å². The third kappa shape index (κ3) is 1.39. The van der Waals surface area contributed by atoms with Crippen LogP contribution in [0.2, 0.25) is 0 Å². The van der Waals surface area contributed by atoms with Gasteiger partial charge in [-0.3, -0.25) is 4.79 Å². The third-order valence-corrected chi connectivity index (χ3v) is 1.76. The first kappa shape index (κ1) is 8.55. The van der Waals surface area contributed by atoms with E-state index < -0.39 is 5.97 Å². The number of esters is 1. The van der Waals surface area contributed by atoms with Gasteiger partial charge in [0.25, 0.3) is 0 Å². The van der Waals surface area contributed by atoms with Crippen LogP contribution in [0.25, 0.3) is 0 Å². The molecule has 0 saturated carbocycles. The van der Waals surface area contributed by atoms with Gasteiger partial charge in [0.1, 0.15) is 0 Å². The van der Waals surface area contributed by atoms with Gasteiger partial charge in [0.15, 0.2) is 11.5 Å². The minimum absolute atomic E-state index is 0.0902. The fraction of sp³-hybridized carbons (Fsp3) is 0.111. The van der Waals surface area contributed by atoms with Crippen LogP contribution in [0.3, 0.4) is 0 Å². The van der Waals surface area contributed by atoms with Crippen molar-refractivity contribution < 1.29 is 23.8 Å². The maximum Gasteiger partial charge on any atom is 0.345 e. The number of carbonyl (C=O) groups is 2. The molecule has 1 aromatic rings. The average molecular weight is 194 g/mol. The fourth-order valence-electron chi connectivity index (χ4n) is 1.14. The molecule has 0 bridgehead atoms. The summed E-state index contributed by atoms with van der Waals surface area (Å²) >= 11 is 0. The molecule has 0 radical (unpaired) electrons. The van der Waals surface area contributed by atoms with Crippen LogP contribution >= 0.6 is 0 Å². The van der Waals surface area contributed by atoms with E-state index in [9.17, 15) is 9.59 Å². The first-order valence-corrected chi connectivity index (χ1v) is 3.85. The van der Waals surface area contributed by atoms with E-state index in [1.54, 1.807) is 6.07 Å². The molecule has 5 nitrogen and oxygen atoms in total. The monoisotopic (exact) mass is 194 g/mol. The van der Waals surface area contributed by atoms with Crippen LogP contribution in [0.5, 0.6) is 11.5 Å². The van der Waals surface area contributed by atoms with Gasteiger partial charge in [-0.2, -0.15) is 0 Å². The molecule has 0 aliphatic carbocycles. The molecule has 2 rings (SSSR count). The minimum Gasteiger partial charge on any atom is -0.454 e. The van der Waals surface area contributed by atoms with E-state index in [0.29, 0.717) is 11.5 Å². The molecule has 0 N–H and O–H groups in total. The summed E-state index contributed by atoms with van der Waals surface area (Å²) in [6.07, 6.45) is 0. The van der Waals surface area contributed by atoms with Gasteiger partial charge in [-0.25, -0.2) is 4.79 Å². The molecule has 0 saturated heterocycles. The summed E-state index contributed by atoms with van der Waals surface area (Å²) in [6, 6.07) is 4.55. The number of hydrogen-bond donors (Lipinski definition) is 0. The zero-order valence-corrected chi connectivity index (χ0v) is 7.06. The highest BCUT2D eigenvalue weighted by Crippen LogP contribution is 2.32. The Kier molecular flexibility index (Phi) is 2.06. The summed E-state index contributed by atoms with van der Waals surface area (Å²) < 4.78 is 14.3. The lowest BCUT2D eigenvalue weighted by molar-refractivity contribution is -0.123. The van der Waals surface area contributed by atoms with Crippen molar-refractivity contribution in [2.75, 3.05) is 6.79 Å².